The van der Waals surface area contributed by atoms with Crippen LogP contribution in [0.15, 0.2) is 48.7 Å². The summed E-state index contributed by atoms with van der Waals surface area (Å²) in [5, 5.41) is 10.1. The van der Waals surface area contributed by atoms with Gasteiger partial charge >= 0.3 is 0 Å². The predicted molar refractivity (Wildman–Crippen MR) is 91.2 cm³/mol. The van der Waals surface area contributed by atoms with Gasteiger partial charge in [-0.2, -0.15) is 0 Å². The molecule has 0 bridgehead atoms. The Balaban J connectivity index is 1.57. The summed E-state index contributed by atoms with van der Waals surface area (Å²) in [5.41, 5.74) is 4.42. The zero-order valence-electron chi connectivity index (χ0n) is 13.7. The molecule has 1 N–H and O–H groups in total. The maximum Gasteiger partial charge on any atom is 0.184 e. The average Bonchev–Trinajstić information content (AvgIpc) is 2.60. The smallest absolute Gasteiger partial charge is 0.184 e. The molecule has 3 unspecified atom stereocenters. The normalized spacial score (nSPS) is 26.4. The summed E-state index contributed by atoms with van der Waals surface area (Å²) in [6, 6.07) is 15.3. The monoisotopic (exact) mass is 308 g/mol. The molecule has 0 aliphatic heterocycles. The lowest BCUT2D eigenvalue weighted by atomic mass is 9.68. The van der Waals surface area contributed by atoms with E-state index in [1.165, 1.54) is 36.1 Å². The maximum absolute atomic E-state index is 10.1. The molecule has 2 aromatic rings. The van der Waals surface area contributed by atoms with Crippen LogP contribution >= 0.6 is 0 Å². The van der Waals surface area contributed by atoms with Crippen LogP contribution in [0.3, 0.4) is 0 Å². The number of benzene rings is 1. The number of aliphatic hydroxyl groups excluding tert-OH is 1. The van der Waals surface area contributed by atoms with E-state index in [0.29, 0.717) is 5.92 Å². The van der Waals surface area contributed by atoms with Crippen molar-refractivity contribution >= 4 is 0 Å². The maximum atomic E-state index is 10.1. The van der Waals surface area contributed by atoms with Gasteiger partial charge < -0.3 is 5.11 Å². The lowest BCUT2D eigenvalue weighted by molar-refractivity contribution is -0.704. The first-order valence-electron chi connectivity index (χ1n) is 9.04. The number of pyridine rings is 1. The largest absolute Gasteiger partial charge is 0.393 e. The van der Waals surface area contributed by atoms with E-state index >= 15 is 0 Å². The van der Waals surface area contributed by atoms with Crippen molar-refractivity contribution < 1.29 is 9.67 Å². The fraction of sp³-hybridized carbons (Fsp3) is 0.476. The van der Waals surface area contributed by atoms with Gasteiger partial charge in [0, 0.05) is 24.5 Å². The van der Waals surface area contributed by atoms with Crippen molar-refractivity contribution in [1.82, 2.24) is 0 Å². The quantitative estimate of drug-likeness (QED) is 0.863. The number of hydrogen-bond acceptors (Lipinski definition) is 1. The highest BCUT2D eigenvalue weighted by Crippen LogP contribution is 2.44. The van der Waals surface area contributed by atoms with E-state index in [9.17, 15) is 5.11 Å². The van der Waals surface area contributed by atoms with Crippen molar-refractivity contribution in [3.63, 3.8) is 0 Å². The molecule has 1 heterocycles. The second-order valence-corrected chi connectivity index (χ2v) is 7.21. The number of hydrogen-bond donors (Lipinski definition) is 1. The highest BCUT2D eigenvalue weighted by Gasteiger charge is 2.38. The van der Waals surface area contributed by atoms with Crippen LogP contribution in [0.4, 0.5) is 0 Å². The van der Waals surface area contributed by atoms with Crippen LogP contribution in [-0.4, -0.2) is 11.2 Å². The molecule has 0 radical (unpaired) electrons. The number of nitrogens with zero attached hydrogens (tertiary/aromatic N) is 1. The van der Waals surface area contributed by atoms with E-state index in [2.05, 4.69) is 53.2 Å². The minimum Gasteiger partial charge on any atom is -0.393 e. The first kappa shape index (κ1) is 14.9. The minimum atomic E-state index is -0.0971. The Labute approximate surface area is 138 Å². The molecule has 23 heavy (non-hydrogen) atoms. The summed E-state index contributed by atoms with van der Waals surface area (Å²) >= 11 is 0. The average molecular weight is 308 g/mol. The Morgan fingerprint density at radius 2 is 1.87 bits per heavy atom. The zero-order valence-corrected chi connectivity index (χ0v) is 13.7. The second kappa shape index (κ2) is 6.45. The summed E-state index contributed by atoms with van der Waals surface area (Å²) in [6.07, 6.45) is 8.87. The van der Waals surface area contributed by atoms with Crippen LogP contribution in [-0.2, 0) is 19.4 Å². The molecule has 2 nitrogen and oxygen atoms in total. The third-order valence-electron chi connectivity index (χ3n) is 5.82. The van der Waals surface area contributed by atoms with Crippen LogP contribution in [0.5, 0.6) is 0 Å². The van der Waals surface area contributed by atoms with E-state index in [-0.39, 0.29) is 6.10 Å². The van der Waals surface area contributed by atoms with Crippen LogP contribution in [0, 0.1) is 5.92 Å². The molecule has 1 fully saturated rings. The molecule has 1 saturated carbocycles. The Bertz CT molecular complexity index is 667. The molecule has 3 atom stereocenters. The highest BCUT2D eigenvalue weighted by atomic mass is 16.3. The van der Waals surface area contributed by atoms with E-state index in [1.54, 1.807) is 0 Å². The van der Waals surface area contributed by atoms with Crippen molar-refractivity contribution in [1.29, 1.82) is 0 Å². The second-order valence-electron chi connectivity index (χ2n) is 7.21. The molecule has 2 aliphatic carbocycles. The van der Waals surface area contributed by atoms with E-state index in [4.69, 9.17) is 0 Å². The van der Waals surface area contributed by atoms with Crippen molar-refractivity contribution in [2.24, 2.45) is 5.92 Å². The van der Waals surface area contributed by atoms with Gasteiger partial charge in [0.15, 0.2) is 18.4 Å². The van der Waals surface area contributed by atoms with Crippen LogP contribution < -0.4 is 4.57 Å². The zero-order chi connectivity index (χ0) is 15.6. The fourth-order valence-corrected chi connectivity index (χ4v) is 4.59. The van der Waals surface area contributed by atoms with Gasteiger partial charge in [-0.1, -0.05) is 30.3 Å². The van der Waals surface area contributed by atoms with Crippen molar-refractivity contribution in [2.45, 2.75) is 57.1 Å². The molecule has 0 spiro atoms. The SMILES string of the molecule is OC1CCC2CCc3c(ccc[n+]3CCc3ccccc3)C2C1. The highest BCUT2D eigenvalue weighted by molar-refractivity contribution is 5.26. The van der Waals surface area contributed by atoms with Gasteiger partial charge in [-0.05, 0) is 49.1 Å². The van der Waals surface area contributed by atoms with Gasteiger partial charge in [0.2, 0.25) is 0 Å². The van der Waals surface area contributed by atoms with Gasteiger partial charge in [0.05, 0.1) is 6.10 Å². The standard InChI is InChI=1S/C21H26NO/c23-18-10-8-17-9-11-21-19(20(17)15-18)7-4-13-22(21)14-12-16-5-2-1-3-6-16/h1-7,13,17-18,20,23H,8-12,14-15H2/q+1. The van der Waals surface area contributed by atoms with Crippen molar-refractivity contribution in [2.75, 3.05) is 0 Å². The van der Waals surface area contributed by atoms with E-state index < -0.39 is 0 Å². The first-order valence-corrected chi connectivity index (χ1v) is 9.04. The summed E-state index contributed by atoms with van der Waals surface area (Å²) in [6.45, 7) is 1.05. The number of aromatic nitrogens is 1. The topological polar surface area (TPSA) is 24.1 Å². The third kappa shape index (κ3) is 3.05. The summed E-state index contributed by atoms with van der Waals surface area (Å²) < 4.78 is 2.46. The molecule has 4 rings (SSSR count). The summed E-state index contributed by atoms with van der Waals surface area (Å²) in [5.74, 6) is 1.36. The van der Waals surface area contributed by atoms with E-state index in [1.807, 2.05) is 0 Å². The van der Waals surface area contributed by atoms with Gasteiger partial charge in [0.25, 0.3) is 0 Å². The van der Waals surface area contributed by atoms with Gasteiger partial charge in [-0.3, -0.25) is 0 Å². The van der Waals surface area contributed by atoms with Gasteiger partial charge in [0.1, 0.15) is 0 Å². The molecule has 0 saturated heterocycles. The van der Waals surface area contributed by atoms with E-state index in [0.717, 1.165) is 31.7 Å². The fourth-order valence-electron chi connectivity index (χ4n) is 4.59. The molecule has 120 valence electrons. The lowest BCUT2D eigenvalue weighted by Gasteiger charge is -2.37. The first-order chi connectivity index (χ1) is 11.3. The van der Waals surface area contributed by atoms with Crippen LogP contribution in [0.25, 0.3) is 0 Å². The minimum absolute atomic E-state index is 0.0971. The third-order valence-corrected chi connectivity index (χ3v) is 5.82. The molecular weight excluding hydrogens is 282 g/mol. The van der Waals surface area contributed by atoms with Crippen LogP contribution in [0.1, 0.15) is 48.4 Å². The number of aliphatic hydroxyl groups is 1. The molecule has 0 amide bonds. The molecule has 2 aliphatic rings. The van der Waals surface area contributed by atoms with Gasteiger partial charge in [-0.15, -0.1) is 0 Å². The number of aryl methyl sites for hydroxylation is 2. The Hall–Kier alpha value is -1.67. The number of rotatable bonds is 3. The summed E-state index contributed by atoms with van der Waals surface area (Å²) in [7, 11) is 0. The molecule has 1 aromatic carbocycles. The predicted octanol–water partition coefficient (Wildman–Crippen LogP) is 3.41. The Morgan fingerprint density at radius 3 is 2.74 bits per heavy atom. The van der Waals surface area contributed by atoms with Crippen LogP contribution in [0.2, 0.25) is 0 Å². The van der Waals surface area contributed by atoms with Gasteiger partial charge in [-0.25, -0.2) is 4.57 Å². The molecular formula is C21H26NO+. The summed E-state index contributed by atoms with van der Waals surface area (Å²) in [4.78, 5) is 0. The van der Waals surface area contributed by atoms with Crippen molar-refractivity contribution in [3.05, 3.63) is 65.5 Å². The molecule has 1 aromatic heterocycles. The molecule has 2 heteroatoms. The Kier molecular flexibility index (Phi) is 4.17. The van der Waals surface area contributed by atoms with Crippen molar-refractivity contribution in [3.8, 4) is 0 Å². The Morgan fingerprint density at radius 1 is 1.00 bits per heavy atom. The number of fused-ring (bicyclic) bond motifs is 3. The lowest BCUT2D eigenvalue weighted by Crippen LogP contribution is -2.43.